The molecule has 1 saturated carbocycles. The van der Waals surface area contributed by atoms with Crippen LogP contribution in [0.3, 0.4) is 0 Å². The van der Waals surface area contributed by atoms with Gasteiger partial charge in [-0.1, -0.05) is 12.2 Å². The molecule has 0 aromatic heterocycles. The highest BCUT2D eigenvalue weighted by Crippen LogP contribution is 2.64. The maximum atomic E-state index is 12.9. The van der Waals surface area contributed by atoms with Crippen molar-refractivity contribution in [1.29, 1.82) is 0 Å². The minimum Gasteiger partial charge on any atom is -0.465 e. The summed E-state index contributed by atoms with van der Waals surface area (Å²) in [6.07, 6.45) is 5.07. The molecule has 0 aromatic rings. The molecule has 132 valence electrons. The predicted octanol–water partition coefficient (Wildman–Crippen LogP) is 1.81. The monoisotopic (exact) mass is 336 g/mol. The Bertz CT molecular complexity index is 576. The first-order chi connectivity index (χ1) is 11.4. The zero-order valence-electron chi connectivity index (χ0n) is 14.4. The van der Waals surface area contributed by atoms with E-state index in [1.54, 1.807) is 13.8 Å². The Morgan fingerprint density at radius 2 is 1.79 bits per heavy atom. The maximum Gasteiger partial charge on any atom is 0.323 e. The highest BCUT2D eigenvalue weighted by atomic mass is 16.6. The Kier molecular flexibility index (Phi) is 4.28. The van der Waals surface area contributed by atoms with Gasteiger partial charge in [-0.05, 0) is 39.5 Å². The zero-order chi connectivity index (χ0) is 17.5. The van der Waals surface area contributed by atoms with Crippen LogP contribution in [0.5, 0.6) is 0 Å². The Morgan fingerprint density at radius 1 is 1.17 bits per heavy atom. The minimum atomic E-state index is -1.47. The van der Waals surface area contributed by atoms with Crippen molar-refractivity contribution in [2.45, 2.75) is 51.7 Å². The standard InChI is InChI=1S/C18H24O6/c1-4-22-15(20)17(16(21)23-5-2)10-12-9-13-6-7-18(12,24-13)14(17)8-11(3)19/h6-7,12-14H,4-5,8-10H2,1-3H3/t12-,13+,14-,18-/m0/s1. The minimum absolute atomic E-state index is 0.00634. The second-order valence-electron chi connectivity index (χ2n) is 6.88. The Morgan fingerprint density at radius 3 is 2.29 bits per heavy atom. The third-order valence-electron chi connectivity index (χ3n) is 5.56. The fourth-order valence-corrected chi connectivity index (χ4v) is 4.74. The van der Waals surface area contributed by atoms with Gasteiger partial charge >= 0.3 is 11.9 Å². The summed E-state index contributed by atoms with van der Waals surface area (Å²) in [6.45, 7) is 5.21. The van der Waals surface area contributed by atoms with Gasteiger partial charge in [-0.2, -0.15) is 0 Å². The summed E-state index contributed by atoms with van der Waals surface area (Å²) in [5, 5.41) is 0. The van der Waals surface area contributed by atoms with Crippen LogP contribution in [-0.2, 0) is 28.6 Å². The molecule has 0 radical (unpaired) electrons. The number of hydrogen-bond donors (Lipinski definition) is 0. The van der Waals surface area contributed by atoms with Gasteiger partial charge in [0, 0.05) is 12.3 Å². The number of rotatable bonds is 6. The molecule has 6 heteroatoms. The van der Waals surface area contributed by atoms with Gasteiger partial charge in [-0.15, -0.1) is 0 Å². The van der Waals surface area contributed by atoms with Crippen molar-refractivity contribution in [3.63, 3.8) is 0 Å². The van der Waals surface area contributed by atoms with E-state index >= 15 is 0 Å². The van der Waals surface area contributed by atoms with E-state index in [1.807, 2.05) is 12.2 Å². The molecule has 3 aliphatic rings. The van der Waals surface area contributed by atoms with Gasteiger partial charge < -0.3 is 19.0 Å². The van der Waals surface area contributed by atoms with Gasteiger partial charge in [0.15, 0.2) is 5.41 Å². The normalized spacial score (nSPS) is 34.9. The van der Waals surface area contributed by atoms with Crippen LogP contribution in [0.15, 0.2) is 12.2 Å². The molecule has 1 spiro atoms. The van der Waals surface area contributed by atoms with Gasteiger partial charge in [0.1, 0.15) is 5.78 Å². The molecule has 1 saturated heterocycles. The van der Waals surface area contributed by atoms with Crippen LogP contribution in [0, 0.1) is 17.3 Å². The van der Waals surface area contributed by atoms with Crippen LogP contribution >= 0.6 is 0 Å². The summed E-state index contributed by atoms with van der Waals surface area (Å²) in [7, 11) is 0. The SMILES string of the molecule is CCOC(=O)C1(C(=O)OCC)C[C@@H]2C[C@H]3C=C[C@@]2(O3)[C@H]1CC(C)=O. The number of carbonyl (C=O) groups excluding carboxylic acids is 3. The van der Waals surface area contributed by atoms with Gasteiger partial charge in [0.25, 0.3) is 0 Å². The van der Waals surface area contributed by atoms with E-state index in [2.05, 4.69) is 0 Å². The zero-order valence-corrected chi connectivity index (χ0v) is 14.4. The summed E-state index contributed by atoms with van der Waals surface area (Å²) in [5.74, 6) is -1.85. The molecular weight excluding hydrogens is 312 g/mol. The number of ketones is 1. The summed E-state index contributed by atoms with van der Waals surface area (Å²) in [5.41, 5.74) is -2.21. The molecule has 2 heterocycles. The van der Waals surface area contributed by atoms with Crippen LogP contribution in [0.2, 0.25) is 0 Å². The number of carbonyl (C=O) groups is 3. The highest BCUT2D eigenvalue weighted by molar-refractivity contribution is 6.02. The van der Waals surface area contributed by atoms with Crippen LogP contribution in [-0.4, -0.2) is 42.6 Å². The topological polar surface area (TPSA) is 78.9 Å². The molecule has 2 bridgehead atoms. The molecule has 4 atom stereocenters. The molecule has 0 unspecified atom stereocenters. The van der Waals surface area contributed by atoms with Crippen molar-refractivity contribution in [3.05, 3.63) is 12.2 Å². The third kappa shape index (κ3) is 2.23. The molecule has 3 rings (SSSR count). The molecule has 0 N–H and O–H groups in total. The molecule has 0 aromatic carbocycles. The predicted molar refractivity (Wildman–Crippen MR) is 84.0 cm³/mol. The van der Waals surface area contributed by atoms with E-state index in [-0.39, 0.29) is 37.4 Å². The van der Waals surface area contributed by atoms with Gasteiger partial charge in [0.2, 0.25) is 0 Å². The fourth-order valence-electron chi connectivity index (χ4n) is 4.74. The first kappa shape index (κ1) is 17.1. The average molecular weight is 336 g/mol. The molecule has 0 amide bonds. The lowest BCUT2D eigenvalue weighted by Gasteiger charge is -2.36. The van der Waals surface area contributed by atoms with Crippen LogP contribution in [0.1, 0.15) is 40.0 Å². The van der Waals surface area contributed by atoms with Crippen LogP contribution < -0.4 is 0 Å². The van der Waals surface area contributed by atoms with Crippen molar-refractivity contribution >= 4 is 17.7 Å². The summed E-state index contributed by atoms with van der Waals surface area (Å²) >= 11 is 0. The lowest BCUT2D eigenvalue weighted by molar-refractivity contribution is -0.179. The molecule has 2 fully saturated rings. The fraction of sp³-hybridized carbons (Fsp3) is 0.722. The largest absolute Gasteiger partial charge is 0.465 e. The first-order valence-corrected chi connectivity index (χ1v) is 8.61. The van der Waals surface area contributed by atoms with Gasteiger partial charge in [0.05, 0.1) is 24.9 Å². The smallest absolute Gasteiger partial charge is 0.323 e. The molecule has 2 aliphatic heterocycles. The van der Waals surface area contributed by atoms with Crippen molar-refractivity contribution in [2.75, 3.05) is 13.2 Å². The van der Waals surface area contributed by atoms with Crippen LogP contribution in [0.25, 0.3) is 0 Å². The van der Waals surface area contributed by atoms with E-state index in [1.165, 1.54) is 6.92 Å². The van der Waals surface area contributed by atoms with E-state index in [0.717, 1.165) is 6.42 Å². The molecule has 1 aliphatic carbocycles. The number of hydrogen-bond acceptors (Lipinski definition) is 6. The first-order valence-electron chi connectivity index (χ1n) is 8.61. The van der Waals surface area contributed by atoms with Crippen LogP contribution in [0.4, 0.5) is 0 Å². The van der Waals surface area contributed by atoms with E-state index < -0.39 is 28.9 Å². The second-order valence-corrected chi connectivity index (χ2v) is 6.88. The van der Waals surface area contributed by atoms with Gasteiger partial charge in [-0.25, -0.2) is 0 Å². The second kappa shape index (κ2) is 5.99. The lowest BCUT2D eigenvalue weighted by atomic mass is 9.70. The van der Waals surface area contributed by atoms with Crippen molar-refractivity contribution < 1.29 is 28.6 Å². The van der Waals surface area contributed by atoms with Crippen molar-refractivity contribution in [3.8, 4) is 0 Å². The number of esters is 2. The maximum absolute atomic E-state index is 12.9. The van der Waals surface area contributed by atoms with E-state index in [4.69, 9.17) is 14.2 Å². The number of Topliss-reactive ketones (excluding diaryl/α,β-unsaturated/α-hetero) is 1. The highest BCUT2D eigenvalue weighted by Gasteiger charge is 2.73. The average Bonchev–Trinajstić information content (AvgIpc) is 3.16. The van der Waals surface area contributed by atoms with Crippen molar-refractivity contribution in [2.24, 2.45) is 17.3 Å². The summed E-state index contributed by atoms with van der Waals surface area (Å²) in [6, 6.07) is 0. The third-order valence-corrected chi connectivity index (χ3v) is 5.56. The molecular formula is C18H24O6. The molecule has 24 heavy (non-hydrogen) atoms. The van der Waals surface area contributed by atoms with E-state index in [9.17, 15) is 14.4 Å². The lowest BCUT2D eigenvalue weighted by Crippen LogP contribution is -2.50. The quantitative estimate of drug-likeness (QED) is 0.418. The van der Waals surface area contributed by atoms with E-state index in [0.29, 0.717) is 6.42 Å². The Labute approximate surface area is 141 Å². The molecule has 6 nitrogen and oxygen atoms in total. The number of ether oxygens (including phenoxy) is 3. The van der Waals surface area contributed by atoms with Crippen molar-refractivity contribution in [1.82, 2.24) is 0 Å². The van der Waals surface area contributed by atoms with Gasteiger partial charge in [-0.3, -0.25) is 9.59 Å². The summed E-state index contributed by atoms with van der Waals surface area (Å²) < 4.78 is 16.6. The summed E-state index contributed by atoms with van der Waals surface area (Å²) in [4.78, 5) is 37.7. The number of fused-ring (bicyclic) bond motifs is 1. The Balaban J connectivity index is 2.08. The Hall–Kier alpha value is -1.69.